The molecule has 1 nitrogen and oxygen atoms in total. The van der Waals surface area contributed by atoms with Crippen molar-refractivity contribution >= 4 is 25.2 Å². The highest BCUT2D eigenvalue weighted by Gasteiger charge is 2.16. The fraction of sp³-hybridized carbons (Fsp3) is 0.857. The van der Waals surface area contributed by atoms with Gasteiger partial charge in [-0.25, -0.2) is 0 Å². The van der Waals surface area contributed by atoms with Crippen molar-refractivity contribution in [3.63, 3.8) is 0 Å². The second-order valence-corrected chi connectivity index (χ2v) is 5.57. The highest BCUT2D eigenvalue weighted by Crippen LogP contribution is 2.13. The van der Waals surface area contributed by atoms with Crippen LogP contribution in [0.25, 0.3) is 0 Å². The van der Waals surface area contributed by atoms with Gasteiger partial charge in [0, 0.05) is 17.0 Å². The van der Waals surface area contributed by atoms with Crippen molar-refractivity contribution in [2.75, 3.05) is 19.6 Å². The van der Waals surface area contributed by atoms with E-state index in [2.05, 4.69) is 16.3 Å². The Labute approximate surface area is 67.2 Å². The molecule has 0 aromatic carbocycles. The second-order valence-electron chi connectivity index (χ2n) is 2.57. The molecule has 54 valence electrons. The molecule has 1 unspecified atom stereocenters. The summed E-state index contributed by atoms with van der Waals surface area (Å²) >= 11 is 0.264. The van der Waals surface area contributed by atoms with Crippen molar-refractivity contribution < 1.29 is 0 Å². The highest BCUT2D eigenvalue weighted by molar-refractivity contribution is 14.2. The quantitative estimate of drug-likeness (QED) is 0.408. The van der Waals surface area contributed by atoms with Gasteiger partial charge in [0.15, 0.2) is 0 Å². The van der Waals surface area contributed by atoms with Crippen LogP contribution in [0.15, 0.2) is 0 Å². The van der Waals surface area contributed by atoms with Crippen LogP contribution in [0, 0.1) is 0 Å². The lowest BCUT2D eigenvalue weighted by molar-refractivity contribution is 0.538. The van der Waals surface area contributed by atoms with Gasteiger partial charge in [0.1, 0.15) is 0 Å². The van der Waals surface area contributed by atoms with Gasteiger partial charge >= 0.3 is 0 Å². The van der Waals surface area contributed by atoms with Crippen LogP contribution in [0.3, 0.4) is 0 Å². The summed E-state index contributed by atoms with van der Waals surface area (Å²) in [5, 5.41) is 0. The molecule has 1 rings (SSSR count). The molecule has 0 aromatic rings. The smallest absolute Gasteiger partial charge is 0.0110 e. The van der Waals surface area contributed by atoms with Gasteiger partial charge in [-0.2, -0.15) is 0 Å². The molecule has 0 radical (unpaired) electrons. The number of hydrogen-bond donors (Lipinski definition) is 0. The van der Waals surface area contributed by atoms with Gasteiger partial charge in [-0.1, -0.05) is 11.4 Å². The zero-order valence-corrected chi connectivity index (χ0v) is 8.10. The largest absolute Gasteiger partial charge is 0.301 e. The zero-order valence-electron chi connectivity index (χ0n) is 5.94. The summed E-state index contributed by atoms with van der Waals surface area (Å²) in [4.78, 5) is 2.48. The average Bonchev–Trinajstić information content (AvgIpc) is 2.65. The number of halogens is 1. The van der Waals surface area contributed by atoms with Crippen LogP contribution in [-0.4, -0.2) is 33.0 Å². The van der Waals surface area contributed by atoms with Gasteiger partial charge in [0.2, 0.25) is 0 Å². The summed E-state index contributed by atoms with van der Waals surface area (Å²) in [5.74, 6) is 0. The molecule has 1 atom stereocenters. The van der Waals surface area contributed by atoms with Gasteiger partial charge < -0.3 is 4.90 Å². The monoisotopic (exact) mass is 239 g/mol. The van der Waals surface area contributed by atoms with Crippen LogP contribution in [0.2, 0.25) is 0 Å². The van der Waals surface area contributed by atoms with E-state index in [-0.39, 0.29) is 20.7 Å². The lowest BCUT2D eigenvalue weighted by atomic mass is 10.3. The predicted octanol–water partition coefficient (Wildman–Crippen LogP) is 1.48. The number of nitrogens with zero attached hydrogens (tertiary/aromatic N) is 1. The Morgan fingerprint density at radius 3 is 2.78 bits per heavy atom. The summed E-state index contributed by atoms with van der Waals surface area (Å²) in [6.45, 7) is 6.35. The standard InChI is InChI=1S/C7H14IN/c1-7(8-2)3-4-9-5-6-9/h7H,2-6H2,1H3. The van der Waals surface area contributed by atoms with Gasteiger partial charge in [-0.15, -0.1) is 20.7 Å². The minimum absolute atomic E-state index is 0.264. The van der Waals surface area contributed by atoms with Crippen LogP contribution in [0.5, 0.6) is 0 Å². The third kappa shape index (κ3) is 3.30. The Kier molecular flexibility index (Phi) is 3.12. The molecular formula is C7H14IN. The third-order valence-corrected chi connectivity index (χ3v) is 3.77. The van der Waals surface area contributed by atoms with E-state index in [0.29, 0.717) is 0 Å². The van der Waals surface area contributed by atoms with Crippen molar-refractivity contribution in [1.29, 1.82) is 0 Å². The van der Waals surface area contributed by atoms with E-state index < -0.39 is 0 Å². The molecule has 0 aliphatic carbocycles. The summed E-state index contributed by atoms with van der Waals surface area (Å²) in [7, 11) is 0. The fourth-order valence-electron chi connectivity index (χ4n) is 0.732. The van der Waals surface area contributed by atoms with Crippen molar-refractivity contribution in [3.8, 4) is 0 Å². The molecule has 0 bridgehead atoms. The van der Waals surface area contributed by atoms with Crippen LogP contribution >= 0.6 is 20.7 Å². The van der Waals surface area contributed by atoms with E-state index in [1.165, 1.54) is 26.1 Å². The predicted molar refractivity (Wildman–Crippen MR) is 51.7 cm³/mol. The summed E-state index contributed by atoms with van der Waals surface area (Å²) < 4.78 is 4.91. The zero-order chi connectivity index (χ0) is 6.69. The van der Waals surface area contributed by atoms with Gasteiger partial charge in [-0.3, -0.25) is 0 Å². The average molecular weight is 239 g/mol. The molecule has 1 aliphatic rings. The highest BCUT2D eigenvalue weighted by atomic mass is 127. The van der Waals surface area contributed by atoms with Crippen molar-refractivity contribution in [2.45, 2.75) is 17.3 Å². The molecule has 0 amide bonds. The molecule has 1 saturated heterocycles. The first-order chi connectivity index (χ1) is 4.33. The molecule has 2 heteroatoms. The molecule has 0 N–H and O–H groups in total. The Balaban J connectivity index is 1.95. The molecule has 1 heterocycles. The molecular weight excluding hydrogens is 225 g/mol. The Morgan fingerprint density at radius 1 is 1.67 bits per heavy atom. The van der Waals surface area contributed by atoms with E-state index in [9.17, 15) is 0 Å². The van der Waals surface area contributed by atoms with E-state index in [1.54, 1.807) is 0 Å². The van der Waals surface area contributed by atoms with Crippen LogP contribution < -0.4 is 0 Å². The number of hydrogen-bond acceptors (Lipinski definition) is 1. The van der Waals surface area contributed by atoms with Gasteiger partial charge in [0.05, 0.1) is 0 Å². The second kappa shape index (κ2) is 3.66. The number of rotatable bonds is 4. The van der Waals surface area contributed by atoms with E-state index in [4.69, 9.17) is 0 Å². The van der Waals surface area contributed by atoms with Crippen molar-refractivity contribution in [1.82, 2.24) is 4.90 Å². The summed E-state index contributed by atoms with van der Waals surface area (Å²) in [5.41, 5.74) is 0. The van der Waals surface area contributed by atoms with Crippen LogP contribution in [-0.2, 0) is 0 Å². The van der Waals surface area contributed by atoms with Crippen molar-refractivity contribution in [3.05, 3.63) is 0 Å². The Hall–Kier alpha value is 0.560. The molecule has 1 fully saturated rings. The van der Waals surface area contributed by atoms with E-state index in [0.717, 1.165) is 3.92 Å². The lowest BCUT2D eigenvalue weighted by Crippen LogP contribution is -2.04. The summed E-state index contributed by atoms with van der Waals surface area (Å²) in [6.07, 6.45) is 1.39. The van der Waals surface area contributed by atoms with Crippen molar-refractivity contribution in [2.24, 2.45) is 0 Å². The van der Waals surface area contributed by atoms with E-state index in [1.807, 2.05) is 0 Å². The maximum atomic E-state index is 3.98. The van der Waals surface area contributed by atoms with Crippen LogP contribution in [0.4, 0.5) is 0 Å². The Morgan fingerprint density at radius 2 is 2.33 bits per heavy atom. The summed E-state index contributed by atoms with van der Waals surface area (Å²) in [6, 6.07) is 0. The topological polar surface area (TPSA) is 3.01 Å². The number of alkyl halides is 1. The maximum Gasteiger partial charge on any atom is 0.0110 e. The van der Waals surface area contributed by atoms with Gasteiger partial charge in [0.25, 0.3) is 0 Å². The minimum Gasteiger partial charge on any atom is -0.301 e. The normalized spacial score (nSPS) is 21.9. The lowest BCUT2D eigenvalue weighted by Gasteiger charge is -2.03. The first-order valence-electron chi connectivity index (χ1n) is 3.42. The molecule has 0 aromatic heterocycles. The fourth-order valence-corrected chi connectivity index (χ4v) is 1.45. The minimum atomic E-state index is 0.264. The molecule has 9 heavy (non-hydrogen) atoms. The van der Waals surface area contributed by atoms with Gasteiger partial charge in [-0.05, 0) is 13.0 Å². The third-order valence-electron chi connectivity index (χ3n) is 1.65. The van der Waals surface area contributed by atoms with Crippen LogP contribution in [0.1, 0.15) is 13.3 Å². The first kappa shape index (κ1) is 7.66. The van der Waals surface area contributed by atoms with E-state index >= 15 is 0 Å². The molecule has 0 saturated carbocycles. The molecule has 1 aliphatic heterocycles. The maximum absolute atomic E-state index is 3.98. The Bertz CT molecular complexity index is 99.1. The first-order valence-corrected chi connectivity index (χ1v) is 6.19. The molecule has 0 spiro atoms. The SMILES string of the molecule is C=IC(C)CCN1CC1.